The number of hydrogen-bond acceptors (Lipinski definition) is 8. The van der Waals surface area contributed by atoms with Crippen molar-refractivity contribution in [2.75, 3.05) is 22.9 Å². The van der Waals surface area contributed by atoms with Crippen molar-refractivity contribution in [3.8, 4) is 23.0 Å². The molecular weight excluding hydrogens is 944 g/mol. The molecule has 6 aromatic carbocycles. The number of nitrogens with one attached hydrogen (secondary N) is 2. The summed E-state index contributed by atoms with van der Waals surface area (Å²) in [5.74, 6) is -1.31. The number of phenols is 4. The van der Waals surface area contributed by atoms with Gasteiger partial charge in [0.25, 0.3) is 23.6 Å². The van der Waals surface area contributed by atoms with Gasteiger partial charge < -0.3 is 40.9 Å². The molecule has 12 nitrogen and oxygen atoms in total. The van der Waals surface area contributed by atoms with Gasteiger partial charge in [0.1, 0.15) is 34.4 Å². The van der Waals surface area contributed by atoms with Gasteiger partial charge in [-0.1, -0.05) is 74.5 Å². The van der Waals surface area contributed by atoms with Crippen molar-refractivity contribution in [3.63, 3.8) is 0 Å². The molecule has 0 bridgehead atoms. The van der Waals surface area contributed by atoms with Crippen LogP contribution in [-0.2, 0) is 9.59 Å². The quantitative estimate of drug-likeness (QED) is 0.0584. The molecule has 0 radical (unpaired) electrons. The lowest BCUT2D eigenvalue weighted by molar-refractivity contribution is -0.116. The van der Waals surface area contributed by atoms with Gasteiger partial charge in [-0.2, -0.15) is 0 Å². The molecule has 6 rings (SSSR count). The molecule has 0 aliphatic carbocycles. The molecule has 64 heavy (non-hydrogen) atoms. The highest BCUT2D eigenvalue weighted by Crippen LogP contribution is 2.31. The predicted octanol–water partition coefficient (Wildman–Crippen LogP) is 10.1. The Morgan fingerprint density at radius 2 is 0.703 bits per heavy atom. The van der Waals surface area contributed by atoms with Crippen molar-refractivity contribution in [2.45, 2.75) is 26.7 Å². The first kappa shape index (κ1) is 47.9. The van der Waals surface area contributed by atoms with Crippen LogP contribution in [0.1, 0.15) is 58.5 Å². The average Bonchev–Trinajstić information content (AvgIpc) is 3.32. The Hall–Kier alpha value is -7.16. The Balaban J connectivity index is 0.000000241. The molecule has 0 saturated carbocycles. The van der Waals surface area contributed by atoms with Crippen LogP contribution in [0.25, 0.3) is 8.96 Å². The fourth-order valence-corrected chi connectivity index (χ4v) is 7.20. The highest BCUT2D eigenvalue weighted by Gasteiger charge is 2.27. The molecule has 4 amide bonds. The Morgan fingerprint density at radius 3 is 0.984 bits per heavy atom. The topological polar surface area (TPSA) is 180 Å². The van der Waals surface area contributed by atoms with Gasteiger partial charge in [-0.15, -0.1) is 0 Å². The molecule has 0 aliphatic rings. The second kappa shape index (κ2) is 23.3. The first-order valence-electron chi connectivity index (χ1n) is 20.1. The van der Waals surface area contributed by atoms with Crippen molar-refractivity contribution in [3.05, 3.63) is 191 Å². The molecule has 14 heteroatoms. The number of halogens is 2. The van der Waals surface area contributed by atoms with E-state index in [9.17, 15) is 39.6 Å². The summed E-state index contributed by atoms with van der Waals surface area (Å²) in [6.45, 7) is 4.71. The number of benzene rings is 6. The van der Waals surface area contributed by atoms with E-state index in [0.29, 0.717) is 68.5 Å². The van der Waals surface area contributed by atoms with Crippen LogP contribution in [0.5, 0.6) is 23.0 Å². The van der Waals surface area contributed by atoms with Gasteiger partial charge in [0.15, 0.2) is 0 Å². The fourth-order valence-electron chi connectivity index (χ4n) is 6.14. The number of amides is 4. The summed E-state index contributed by atoms with van der Waals surface area (Å²) in [4.78, 5) is 56.2. The number of carbonyl (C=O) groups is 4. The Labute approximate surface area is 388 Å². The first-order valence-corrected chi connectivity index (χ1v) is 21.7. The Bertz CT molecular complexity index is 2400. The molecule has 6 aromatic rings. The summed E-state index contributed by atoms with van der Waals surface area (Å²) >= 11 is 6.96. The minimum absolute atomic E-state index is 0.0612. The number of anilines is 2. The van der Waals surface area contributed by atoms with Crippen molar-refractivity contribution in [1.29, 1.82) is 0 Å². The molecule has 0 heterocycles. The number of phenolic OH excluding ortho intramolecular Hbond substituents is 4. The van der Waals surface area contributed by atoms with Gasteiger partial charge in [0, 0.05) is 35.6 Å². The summed E-state index contributed by atoms with van der Waals surface area (Å²) in [6.07, 6.45) is 1.37. The van der Waals surface area contributed by atoms with Gasteiger partial charge >= 0.3 is 0 Å². The van der Waals surface area contributed by atoms with Gasteiger partial charge in [-0.3, -0.25) is 19.2 Å². The lowest BCUT2D eigenvalue weighted by Crippen LogP contribution is -2.39. The molecule has 6 N–H and O–H groups in total. The van der Waals surface area contributed by atoms with Gasteiger partial charge in [-0.05, 0) is 153 Å². The second-order valence-corrected chi connectivity index (χ2v) is 15.6. The Morgan fingerprint density at radius 1 is 0.422 bits per heavy atom. The van der Waals surface area contributed by atoms with Gasteiger partial charge in [0.2, 0.25) is 0 Å². The van der Waals surface area contributed by atoms with Gasteiger partial charge in [-0.25, -0.2) is 0 Å². The van der Waals surface area contributed by atoms with Crippen LogP contribution in [0.3, 0.4) is 0 Å². The maximum absolute atomic E-state index is 13.7. The highest BCUT2D eigenvalue weighted by atomic mass is 79.9. The molecule has 0 aliphatic heterocycles. The molecule has 0 fully saturated rings. The first-order chi connectivity index (χ1) is 30.8. The SMILES string of the molecule is CCCN(C(=O)/C(NC(=O)c1ccccc1)=C(\Br)c1ccc(O)cc1)c1ccc(O)cc1.CCCN(C(=O)/C(NC(=O)c1ccccc1)=C(\Br)c1ccc(O)cc1)c1ccc(O)cc1. The van der Waals surface area contributed by atoms with E-state index >= 15 is 0 Å². The maximum Gasteiger partial charge on any atom is 0.275 e. The summed E-state index contributed by atoms with van der Waals surface area (Å²) in [7, 11) is 0. The van der Waals surface area contributed by atoms with Gasteiger partial charge in [0.05, 0.1) is 8.96 Å². The lowest BCUT2D eigenvalue weighted by Gasteiger charge is -2.25. The van der Waals surface area contributed by atoms with Crippen LogP contribution in [0.4, 0.5) is 11.4 Å². The van der Waals surface area contributed by atoms with Crippen LogP contribution in [0.2, 0.25) is 0 Å². The number of carbonyl (C=O) groups excluding carboxylic acids is 4. The molecular formula is C50H46Br2N4O8. The minimum atomic E-state index is -0.424. The highest BCUT2D eigenvalue weighted by molar-refractivity contribution is 9.15. The molecule has 328 valence electrons. The molecule has 0 atom stereocenters. The molecule has 0 spiro atoms. The van der Waals surface area contributed by atoms with Crippen LogP contribution in [-0.4, -0.2) is 57.1 Å². The third-order valence-corrected chi connectivity index (χ3v) is 11.1. The van der Waals surface area contributed by atoms with Crippen molar-refractivity contribution in [1.82, 2.24) is 10.6 Å². The largest absolute Gasteiger partial charge is 0.508 e. The summed E-state index contributed by atoms with van der Waals surface area (Å²) in [5, 5.41) is 44.0. The van der Waals surface area contributed by atoms with E-state index in [1.165, 1.54) is 48.5 Å². The van der Waals surface area contributed by atoms with E-state index in [-0.39, 0.29) is 34.4 Å². The minimum Gasteiger partial charge on any atom is -0.508 e. The zero-order chi connectivity index (χ0) is 46.2. The molecule has 0 saturated heterocycles. The Kier molecular flexibility index (Phi) is 17.5. The zero-order valence-electron chi connectivity index (χ0n) is 34.9. The third kappa shape index (κ3) is 12.9. The number of hydrogen-bond donors (Lipinski definition) is 6. The van der Waals surface area contributed by atoms with E-state index in [1.807, 2.05) is 13.8 Å². The predicted molar refractivity (Wildman–Crippen MR) is 257 cm³/mol. The standard InChI is InChI=1S/2C25H23BrN2O4/c2*1-2-16-28(19-10-14-21(30)15-11-19)25(32)23(22(26)17-8-12-20(29)13-9-17)27-24(31)18-6-4-3-5-7-18/h2*3-15,29-30H,2,16H2,1H3,(H,27,31)/b2*23-22+. The van der Waals surface area contributed by atoms with Crippen LogP contribution < -0.4 is 20.4 Å². The summed E-state index contributed by atoms with van der Waals surface area (Å²) in [6, 6.07) is 42.4. The van der Waals surface area contributed by atoms with Crippen molar-refractivity contribution in [2.24, 2.45) is 0 Å². The number of nitrogens with zero attached hydrogens (tertiary/aromatic N) is 2. The number of rotatable bonds is 14. The monoisotopic (exact) mass is 988 g/mol. The van der Waals surface area contributed by atoms with E-state index in [2.05, 4.69) is 42.5 Å². The normalized spacial score (nSPS) is 11.4. The van der Waals surface area contributed by atoms with E-state index in [4.69, 9.17) is 0 Å². The summed E-state index contributed by atoms with van der Waals surface area (Å²) in [5.41, 5.74) is 3.35. The van der Waals surface area contributed by atoms with Crippen molar-refractivity contribution >= 4 is 75.8 Å². The summed E-state index contributed by atoms with van der Waals surface area (Å²) < 4.78 is 0.762. The van der Waals surface area contributed by atoms with Crippen molar-refractivity contribution < 1.29 is 39.6 Å². The average molecular weight is 991 g/mol. The van der Waals surface area contributed by atoms with E-state index in [1.54, 1.807) is 119 Å². The molecule has 0 unspecified atom stereocenters. The second-order valence-electron chi connectivity index (χ2n) is 14.1. The zero-order valence-corrected chi connectivity index (χ0v) is 38.1. The van der Waals surface area contributed by atoms with E-state index in [0.717, 1.165) is 0 Å². The fraction of sp³-hybridized carbons (Fsp3) is 0.120. The molecule has 0 aromatic heterocycles. The van der Waals surface area contributed by atoms with Crippen LogP contribution >= 0.6 is 31.9 Å². The number of aromatic hydroxyl groups is 4. The lowest BCUT2D eigenvalue weighted by atomic mass is 10.1. The smallest absolute Gasteiger partial charge is 0.275 e. The van der Waals surface area contributed by atoms with E-state index < -0.39 is 23.6 Å². The maximum atomic E-state index is 13.7. The third-order valence-electron chi connectivity index (χ3n) is 9.36. The van der Waals surface area contributed by atoms with Crippen LogP contribution in [0.15, 0.2) is 169 Å². The van der Waals surface area contributed by atoms with Crippen LogP contribution in [0, 0.1) is 0 Å².